The van der Waals surface area contributed by atoms with Crippen LogP contribution in [-0.4, -0.2) is 18.3 Å². The van der Waals surface area contributed by atoms with Gasteiger partial charge in [0.15, 0.2) is 0 Å². The molecule has 1 aromatic rings. The Kier molecular flexibility index (Phi) is 4.91. The van der Waals surface area contributed by atoms with E-state index in [2.05, 4.69) is 18.2 Å². The molecule has 5 heteroatoms. The van der Waals surface area contributed by atoms with Crippen LogP contribution in [0.3, 0.4) is 0 Å². The number of nitrogens with two attached hydrogens (primary N) is 3. The van der Waals surface area contributed by atoms with Crippen molar-refractivity contribution in [3.8, 4) is 0 Å². The Hall–Kier alpha value is -2.53. The first-order chi connectivity index (χ1) is 8.93. The van der Waals surface area contributed by atoms with Crippen LogP contribution in [-0.2, 0) is 0 Å². The molecule has 0 amide bonds. The zero-order valence-corrected chi connectivity index (χ0v) is 11.0. The molecular formula is C14H19N5. The van der Waals surface area contributed by atoms with Crippen LogP contribution in [0, 0.1) is 0 Å². The highest BCUT2D eigenvalue weighted by atomic mass is 15.4. The maximum Gasteiger partial charge on any atom is 0.0860 e. The summed E-state index contributed by atoms with van der Waals surface area (Å²) in [5.41, 5.74) is 14.7. The molecule has 19 heavy (non-hydrogen) atoms. The number of benzene rings is 1. The lowest BCUT2D eigenvalue weighted by molar-refractivity contribution is 0.482. The smallest absolute Gasteiger partial charge is 0.0860 e. The maximum absolute atomic E-state index is 5.81. The minimum atomic E-state index is 0.518. The van der Waals surface area contributed by atoms with E-state index in [4.69, 9.17) is 17.3 Å². The fourth-order valence-electron chi connectivity index (χ4n) is 1.40. The van der Waals surface area contributed by atoms with Gasteiger partial charge < -0.3 is 16.5 Å². The van der Waals surface area contributed by atoms with Crippen LogP contribution in [0.25, 0.3) is 0 Å². The number of hydrogen-bond donors (Lipinski definition) is 3. The van der Waals surface area contributed by atoms with E-state index in [1.54, 1.807) is 43.7 Å². The van der Waals surface area contributed by atoms with Gasteiger partial charge >= 0.3 is 0 Å². The minimum absolute atomic E-state index is 0.518. The van der Waals surface area contributed by atoms with Crippen molar-refractivity contribution in [1.29, 1.82) is 0 Å². The lowest BCUT2D eigenvalue weighted by Crippen LogP contribution is -2.19. The van der Waals surface area contributed by atoms with E-state index < -0.39 is 0 Å². The van der Waals surface area contributed by atoms with E-state index in [0.717, 1.165) is 5.57 Å². The minimum Gasteiger partial charge on any atom is -0.399 e. The third kappa shape index (κ3) is 4.33. The highest BCUT2D eigenvalue weighted by Crippen LogP contribution is 2.24. The molecule has 0 fully saturated rings. The summed E-state index contributed by atoms with van der Waals surface area (Å²) in [5, 5.41) is 1.42. The van der Waals surface area contributed by atoms with Crippen molar-refractivity contribution in [1.82, 2.24) is 5.01 Å². The summed E-state index contributed by atoms with van der Waals surface area (Å²) in [6.07, 6.45) is 4.97. The topological polar surface area (TPSA) is 93.7 Å². The molecule has 0 heterocycles. The van der Waals surface area contributed by atoms with Crippen LogP contribution >= 0.6 is 0 Å². The van der Waals surface area contributed by atoms with Crippen LogP contribution in [0.1, 0.15) is 0 Å². The van der Waals surface area contributed by atoms with Crippen molar-refractivity contribution in [3.63, 3.8) is 0 Å². The molecule has 0 unspecified atom stereocenters. The fourth-order valence-corrected chi connectivity index (χ4v) is 1.40. The van der Waals surface area contributed by atoms with Gasteiger partial charge in [0, 0.05) is 25.1 Å². The van der Waals surface area contributed by atoms with E-state index >= 15 is 0 Å². The Bertz CT molecular complexity index is 541. The predicted octanol–water partition coefficient (Wildman–Crippen LogP) is 1.98. The van der Waals surface area contributed by atoms with E-state index in [1.165, 1.54) is 5.01 Å². The third-order valence-corrected chi connectivity index (χ3v) is 2.34. The van der Waals surface area contributed by atoms with Crippen LogP contribution < -0.4 is 17.3 Å². The first-order valence-electron chi connectivity index (χ1n) is 5.64. The van der Waals surface area contributed by atoms with Gasteiger partial charge in [-0.15, -0.1) is 0 Å². The Morgan fingerprint density at radius 3 is 2.58 bits per heavy atom. The molecule has 0 spiro atoms. The number of allylic oxidation sites excluding steroid dienone is 3. The fraction of sp³-hybridized carbons (Fsp3) is 0.0714. The molecule has 5 nitrogen and oxygen atoms in total. The SMILES string of the molecule is C=C/C(=C\N(C)N)C(=C)C=Nc1ccc(N)cc1N. The number of hydrazine groups is 1. The van der Waals surface area contributed by atoms with Crippen molar-refractivity contribution >= 4 is 23.3 Å². The van der Waals surface area contributed by atoms with Crippen molar-refractivity contribution in [2.24, 2.45) is 10.8 Å². The van der Waals surface area contributed by atoms with E-state index in [9.17, 15) is 0 Å². The second-order valence-corrected chi connectivity index (χ2v) is 4.06. The predicted molar refractivity (Wildman–Crippen MR) is 82.8 cm³/mol. The molecule has 0 radical (unpaired) electrons. The standard InChI is InChI=1S/C14H19N5/c1-4-11(9-19(3)17)10(2)8-18-14-6-5-12(15)7-13(14)16/h4-9H,1-2,15-17H2,3H3/b11-9+,18-8?. The highest BCUT2D eigenvalue weighted by Gasteiger charge is 1.99. The number of nitrogen functional groups attached to an aromatic ring is 2. The van der Waals surface area contributed by atoms with Gasteiger partial charge in [-0.05, 0) is 29.3 Å². The molecule has 0 saturated heterocycles. The average Bonchev–Trinajstić information content (AvgIpc) is 2.34. The van der Waals surface area contributed by atoms with Crippen molar-refractivity contribution < 1.29 is 0 Å². The molecule has 0 aliphatic rings. The summed E-state index contributed by atoms with van der Waals surface area (Å²) < 4.78 is 0. The lowest BCUT2D eigenvalue weighted by atomic mass is 10.1. The van der Waals surface area contributed by atoms with Crippen LogP contribution in [0.2, 0.25) is 0 Å². The monoisotopic (exact) mass is 257 g/mol. The molecule has 1 aromatic carbocycles. The lowest BCUT2D eigenvalue weighted by Gasteiger charge is -2.08. The van der Waals surface area contributed by atoms with Crippen LogP contribution in [0.4, 0.5) is 17.1 Å². The molecular weight excluding hydrogens is 238 g/mol. The van der Waals surface area contributed by atoms with Crippen molar-refractivity contribution in [2.45, 2.75) is 0 Å². The van der Waals surface area contributed by atoms with E-state index in [1.807, 2.05) is 0 Å². The molecule has 100 valence electrons. The number of anilines is 2. The van der Waals surface area contributed by atoms with Gasteiger partial charge in [0.1, 0.15) is 0 Å². The van der Waals surface area contributed by atoms with Gasteiger partial charge in [0.25, 0.3) is 0 Å². The number of hydrogen-bond acceptors (Lipinski definition) is 5. The molecule has 0 aliphatic carbocycles. The van der Waals surface area contributed by atoms with Gasteiger partial charge in [-0.3, -0.25) is 4.99 Å². The second-order valence-electron chi connectivity index (χ2n) is 4.06. The van der Waals surface area contributed by atoms with Gasteiger partial charge in [-0.2, -0.15) is 0 Å². The molecule has 0 aliphatic heterocycles. The van der Waals surface area contributed by atoms with Crippen molar-refractivity contribution in [3.05, 3.63) is 54.8 Å². The van der Waals surface area contributed by atoms with Crippen LogP contribution in [0.5, 0.6) is 0 Å². The Morgan fingerprint density at radius 1 is 1.37 bits per heavy atom. The largest absolute Gasteiger partial charge is 0.399 e. The summed E-state index contributed by atoms with van der Waals surface area (Å²) in [4.78, 5) is 4.27. The van der Waals surface area contributed by atoms with Gasteiger partial charge in [0.05, 0.1) is 11.4 Å². The summed E-state index contributed by atoms with van der Waals surface area (Å²) >= 11 is 0. The summed E-state index contributed by atoms with van der Waals surface area (Å²) in [6.45, 7) is 7.61. The second kappa shape index (κ2) is 6.42. The Morgan fingerprint density at radius 2 is 2.05 bits per heavy atom. The number of aliphatic imine (C=N–C) groups is 1. The first kappa shape index (κ1) is 14.5. The third-order valence-electron chi connectivity index (χ3n) is 2.34. The molecule has 0 aromatic heterocycles. The van der Waals surface area contributed by atoms with Crippen molar-refractivity contribution in [2.75, 3.05) is 18.5 Å². The Labute approximate surface area is 113 Å². The normalized spacial score (nSPS) is 11.6. The number of rotatable bonds is 5. The summed E-state index contributed by atoms with van der Waals surface area (Å²) in [5.74, 6) is 5.54. The number of nitrogens with zero attached hydrogens (tertiary/aromatic N) is 2. The quantitative estimate of drug-likeness (QED) is 0.247. The zero-order valence-electron chi connectivity index (χ0n) is 11.0. The average molecular weight is 257 g/mol. The first-order valence-corrected chi connectivity index (χ1v) is 5.64. The molecule has 0 saturated carbocycles. The Balaban J connectivity index is 2.92. The molecule has 0 bridgehead atoms. The molecule has 6 N–H and O–H groups in total. The maximum atomic E-state index is 5.81. The summed E-state index contributed by atoms with van der Waals surface area (Å²) in [7, 11) is 1.71. The van der Waals surface area contributed by atoms with Gasteiger partial charge in [-0.25, -0.2) is 5.84 Å². The zero-order chi connectivity index (χ0) is 14.4. The molecule has 0 atom stereocenters. The summed E-state index contributed by atoms with van der Waals surface area (Å²) in [6, 6.07) is 5.15. The van der Waals surface area contributed by atoms with Crippen LogP contribution in [0.15, 0.2) is 59.8 Å². The highest BCUT2D eigenvalue weighted by molar-refractivity contribution is 5.88. The molecule has 1 rings (SSSR count). The van der Waals surface area contributed by atoms with E-state index in [0.29, 0.717) is 22.6 Å². The van der Waals surface area contributed by atoms with Gasteiger partial charge in [-0.1, -0.05) is 19.2 Å². The van der Waals surface area contributed by atoms with E-state index in [-0.39, 0.29) is 0 Å². The van der Waals surface area contributed by atoms with Gasteiger partial charge in [0.2, 0.25) is 0 Å².